The van der Waals surface area contributed by atoms with E-state index < -0.39 is 10.0 Å². The highest BCUT2D eigenvalue weighted by Crippen LogP contribution is 2.28. The van der Waals surface area contributed by atoms with Gasteiger partial charge in [0.05, 0.1) is 0 Å². The van der Waals surface area contributed by atoms with Crippen molar-refractivity contribution in [2.75, 3.05) is 26.2 Å². The minimum absolute atomic E-state index is 0.132. The van der Waals surface area contributed by atoms with Crippen molar-refractivity contribution in [2.45, 2.75) is 50.6 Å². The predicted octanol–water partition coefficient (Wildman–Crippen LogP) is 3.69. The van der Waals surface area contributed by atoms with E-state index in [9.17, 15) is 13.2 Å². The molecule has 6 nitrogen and oxygen atoms in total. The van der Waals surface area contributed by atoms with Crippen molar-refractivity contribution in [3.63, 3.8) is 0 Å². The second kappa shape index (κ2) is 9.81. The molecule has 2 saturated heterocycles. The van der Waals surface area contributed by atoms with Crippen LogP contribution in [0.2, 0.25) is 0 Å². The van der Waals surface area contributed by atoms with Crippen LogP contribution in [0.3, 0.4) is 0 Å². The maximum Gasteiger partial charge on any atom is 0.263 e. The molecule has 4 rings (SSSR count). The van der Waals surface area contributed by atoms with Crippen molar-refractivity contribution >= 4 is 27.3 Å². The van der Waals surface area contributed by atoms with Crippen LogP contribution in [0.5, 0.6) is 0 Å². The van der Waals surface area contributed by atoms with Gasteiger partial charge in [-0.25, -0.2) is 8.42 Å². The number of rotatable bonds is 7. The molecule has 0 saturated carbocycles. The molecule has 1 unspecified atom stereocenters. The molecule has 1 aromatic carbocycles. The molecule has 168 valence electrons. The third kappa shape index (κ3) is 5.19. The second-order valence-corrected chi connectivity index (χ2v) is 11.5. The molecule has 0 radical (unpaired) electrons. The number of sulfonamides is 1. The van der Waals surface area contributed by atoms with Crippen LogP contribution in [-0.2, 0) is 23.1 Å². The molecule has 1 atom stereocenters. The highest BCUT2D eigenvalue weighted by atomic mass is 32.2. The van der Waals surface area contributed by atoms with Gasteiger partial charge in [0.2, 0.25) is 10.0 Å². The zero-order chi connectivity index (χ0) is 21.8. The molecule has 1 amide bonds. The number of thiophene rings is 1. The number of hydrogen-bond acceptors (Lipinski definition) is 5. The van der Waals surface area contributed by atoms with Crippen LogP contribution in [0.15, 0.2) is 40.6 Å². The van der Waals surface area contributed by atoms with Gasteiger partial charge in [0, 0.05) is 32.7 Å². The lowest BCUT2D eigenvalue weighted by Gasteiger charge is -2.31. The first kappa shape index (κ1) is 22.5. The number of nitrogens with one attached hydrogen (secondary N) is 1. The summed E-state index contributed by atoms with van der Waals surface area (Å²) in [5.41, 5.74) is 2.29. The molecule has 3 heterocycles. The van der Waals surface area contributed by atoms with E-state index in [0.29, 0.717) is 19.6 Å². The van der Waals surface area contributed by atoms with E-state index in [0.717, 1.165) is 44.0 Å². The van der Waals surface area contributed by atoms with Crippen LogP contribution >= 0.6 is 11.3 Å². The summed E-state index contributed by atoms with van der Waals surface area (Å²) in [7, 11) is -3.61. The lowest BCUT2D eigenvalue weighted by Crippen LogP contribution is -2.34. The Bertz CT molecular complexity index is 1010. The quantitative estimate of drug-likeness (QED) is 0.683. The lowest BCUT2D eigenvalue weighted by atomic mass is 9.99. The number of hydrogen-bond donors (Lipinski definition) is 1. The third-order valence-electron chi connectivity index (χ3n) is 6.21. The Morgan fingerprint density at radius 2 is 1.84 bits per heavy atom. The van der Waals surface area contributed by atoms with Crippen molar-refractivity contribution in [1.82, 2.24) is 14.5 Å². The fourth-order valence-corrected chi connectivity index (χ4v) is 7.38. The molecular formula is C23H31N3O3S2. The number of carbonyl (C=O) groups excluding carboxylic acids is 1. The van der Waals surface area contributed by atoms with Gasteiger partial charge in [-0.05, 0) is 60.7 Å². The first-order valence-corrected chi connectivity index (χ1v) is 13.4. The molecule has 2 aliphatic heterocycles. The number of carbonyl (C=O) groups is 1. The minimum Gasteiger partial charge on any atom is -0.347 e. The van der Waals surface area contributed by atoms with Gasteiger partial charge in [-0.3, -0.25) is 9.69 Å². The third-order valence-corrected chi connectivity index (χ3v) is 9.19. The first-order chi connectivity index (χ1) is 14.9. The topological polar surface area (TPSA) is 69.7 Å². The van der Waals surface area contributed by atoms with Gasteiger partial charge >= 0.3 is 0 Å². The first-order valence-electron chi connectivity index (χ1n) is 11.1. The lowest BCUT2D eigenvalue weighted by molar-refractivity contribution is 0.0951. The van der Waals surface area contributed by atoms with Gasteiger partial charge in [0.15, 0.2) is 0 Å². The second-order valence-electron chi connectivity index (χ2n) is 8.66. The standard InChI is InChI=1S/C23H31N3O3S2/c1-18-7-6-11-25(16-18)17-20-9-3-2-8-19(20)15-24-23(27)22-21(10-14-30-22)31(28,29)26-12-4-5-13-26/h2-3,8-10,14,18H,4-7,11-13,15-17H2,1H3,(H,24,27). The van der Waals surface area contributed by atoms with Crippen LogP contribution < -0.4 is 5.32 Å². The summed E-state index contributed by atoms with van der Waals surface area (Å²) >= 11 is 1.19. The van der Waals surface area contributed by atoms with Crippen LogP contribution in [0.1, 0.15) is 53.4 Å². The van der Waals surface area contributed by atoms with Crippen molar-refractivity contribution < 1.29 is 13.2 Å². The summed E-state index contributed by atoms with van der Waals surface area (Å²) in [6.07, 6.45) is 4.26. The highest BCUT2D eigenvalue weighted by Gasteiger charge is 2.31. The Kier molecular flexibility index (Phi) is 7.11. The van der Waals surface area contributed by atoms with Crippen LogP contribution in [-0.4, -0.2) is 49.7 Å². The molecule has 8 heteroatoms. The van der Waals surface area contributed by atoms with Gasteiger partial charge in [0.25, 0.3) is 5.91 Å². The Balaban J connectivity index is 1.44. The van der Waals surface area contributed by atoms with Gasteiger partial charge in [-0.1, -0.05) is 31.2 Å². The molecule has 0 aliphatic carbocycles. The highest BCUT2D eigenvalue weighted by molar-refractivity contribution is 7.89. The summed E-state index contributed by atoms with van der Waals surface area (Å²) in [6, 6.07) is 9.74. The predicted molar refractivity (Wildman–Crippen MR) is 124 cm³/mol. The summed E-state index contributed by atoms with van der Waals surface area (Å²) in [5.74, 6) is 0.393. The molecule has 2 aliphatic rings. The number of piperidine rings is 1. The fraction of sp³-hybridized carbons (Fsp3) is 0.522. The Morgan fingerprint density at radius 3 is 2.58 bits per heavy atom. The molecule has 2 aromatic rings. The minimum atomic E-state index is -3.61. The maximum atomic E-state index is 12.9. The molecule has 1 aromatic heterocycles. The summed E-state index contributed by atoms with van der Waals surface area (Å²) in [6.45, 7) is 6.84. The van der Waals surface area contributed by atoms with E-state index in [4.69, 9.17) is 0 Å². The van der Waals surface area contributed by atoms with Gasteiger partial charge < -0.3 is 5.32 Å². The van der Waals surface area contributed by atoms with Gasteiger partial charge in [-0.2, -0.15) is 4.31 Å². The molecular weight excluding hydrogens is 430 g/mol. The smallest absolute Gasteiger partial charge is 0.263 e. The number of nitrogens with zero attached hydrogens (tertiary/aromatic N) is 2. The van der Waals surface area contributed by atoms with Crippen molar-refractivity contribution in [1.29, 1.82) is 0 Å². The normalized spacial score (nSPS) is 20.7. The van der Waals surface area contributed by atoms with E-state index in [-0.39, 0.29) is 15.7 Å². The number of benzene rings is 1. The van der Waals surface area contributed by atoms with Crippen molar-refractivity contribution in [3.05, 3.63) is 51.7 Å². The molecule has 31 heavy (non-hydrogen) atoms. The zero-order valence-corrected chi connectivity index (χ0v) is 19.7. The Hall–Kier alpha value is -1.74. The van der Waals surface area contributed by atoms with Crippen molar-refractivity contribution in [2.24, 2.45) is 5.92 Å². The zero-order valence-electron chi connectivity index (χ0n) is 18.0. The van der Waals surface area contributed by atoms with Gasteiger partial charge in [-0.15, -0.1) is 11.3 Å². The Labute approximate surface area is 189 Å². The average Bonchev–Trinajstić information content (AvgIpc) is 3.45. The van der Waals surface area contributed by atoms with E-state index in [1.54, 1.807) is 11.4 Å². The van der Waals surface area contributed by atoms with Crippen LogP contribution in [0.25, 0.3) is 0 Å². The Morgan fingerprint density at radius 1 is 1.10 bits per heavy atom. The van der Waals surface area contributed by atoms with Gasteiger partial charge in [0.1, 0.15) is 9.77 Å². The molecule has 0 spiro atoms. The molecule has 2 fully saturated rings. The largest absolute Gasteiger partial charge is 0.347 e. The van der Waals surface area contributed by atoms with Crippen LogP contribution in [0, 0.1) is 5.92 Å². The number of likely N-dealkylation sites (tertiary alicyclic amines) is 1. The summed E-state index contributed by atoms with van der Waals surface area (Å²) in [4.78, 5) is 15.8. The monoisotopic (exact) mass is 461 g/mol. The van der Waals surface area contributed by atoms with Crippen molar-refractivity contribution in [3.8, 4) is 0 Å². The summed E-state index contributed by atoms with van der Waals surface area (Å²) in [5, 5.41) is 4.64. The van der Waals surface area contributed by atoms with E-state index in [1.807, 2.05) is 18.2 Å². The van der Waals surface area contributed by atoms with E-state index in [1.165, 1.54) is 34.0 Å². The van der Waals surface area contributed by atoms with E-state index in [2.05, 4.69) is 23.2 Å². The summed E-state index contributed by atoms with van der Waals surface area (Å²) < 4.78 is 27.4. The maximum absolute atomic E-state index is 12.9. The number of amides is 1. The average molecular weight is 462 g/mol. The fourth-order valence-electron chi connectivity index (χ4n) is 4.54. The van der Waals surface area contributed by atoms with E-state index >= 15 is 0 Å². The molecule has 1 N–H and O–H groups in total. The van der Waals surface area contributed by atoms with Crippen LogP contribution in [0.4, 0.5) is 0 Å². The SMILES string of the molecule is CC1CCCN(Cc2ccccc2CNC(=O)c2sccc2S(=O)(=O)N2CCCC2)C1. The molecule has 0 bridgehead atoms.